The first-order chi connectivity index (χ1) is 9.66. The predicted molar refractivity (Wildman–Crippen MR) is 77.5 cm³/mol. The molecule has 4 nitrogen and oxygen atoms in total. The highest BCUT2D eigenvalue weighted by molar-refractivity contribution is 6.31. The van der Waals surface area contributed by atoms with Crippen LogP contribution in [0, 0.1) is 0 Å². The van der Waals surface area contributed by atoms with Crippen molar-refractivity contribution in [2.75, 3.05) is 13.1 Å². The summed E-state index contributed by atoms with van der Waals surface area (Å²) >= 11 is 6.23. The van der Waals surface area contributed by atoms with Crippen molar-refractivity contribution in [3.8, 4) is 0 Å². The third-order valence-corrected chi connectivity index (χ3v) is 4.15. The van der Waals surface area contributed by atoms with Crippen LogP contribution in [0.5, 0.6) is 0 Å². The van der Waals surface area contributed by atoms with Crippen LogP contribution in [-0.2, 0) is 11.2 Å². The van der Waals surface area contributed by atoms with E-state index in [0.717, 1.165) is 23.4 Å². The normalized spacial score (nSPS) is 17.9. The van der Waals surface area contributed by atoms with Gasteiger partial charge >= 0.3 is 6.03 Å². The van der Waals surface area contributed by atoms with Gasteiger partial charge in [-0.05, 0) is 42.0 Å². The highest BCUT2D eigenvalue weighted by atomic mass is 35.5. The quantitative estimate of drug-likeness (QED) is 0.870. The number of hydrogen-bond acceptors (Lipinski definition) is 2. The van der Waals surface area contributed by atoms with Crippen LogP contribution in [0.25, 0.3) is 5.57 Å². The number of allylic oxidation sites excluding steroid dienone is 1. The van der Waals surface area contributed by atoms with Crippen molar-refractivity contribution in [3.05, 3.63) is 40.4 Å². The molecular formula is C15H15ClN2O2. The Bertz CT molecular complexity index is 594. The standard InChI is InChI=1S/C15H15ClN2O2/c16-13-6-2-4-11-10(3-1-5-12(11)13)7-8-18-14(19)9-17-15(18)20/h2-4,6H,1,5,7-9H2,(H,17,20). The summed E-state index contributed by atoms with van der Waals surface area (Å²) in [6.07, 6.45) is 4.75. The van der Waals surface area contributed by atoms with Gasteiger partial charge in [-0.1, -0.05) is 29.8 Å². The Kier molecular flexibility index (Phi) is 3.49. The Balaban J connectivity index is 1.76. The summed E-state index contributed by atoms with van der Waals surface area (Å²) in [6, 6.07) is 5.60. The molecule has 104 valence electrons. The number of imide groups is 1. The maximum Gasteiger partial charge on any atom is 0.324 e. The van der Waals surface area contributed by atoms with Gasteiger partial charge in [-0.15, -0.1) is 0 Å². The number of fused-ring (bicyclic) bond motifs is 1. The molecule has 0 spiro atoms. The molecule has 0 atom stereocenters. The maximum atomic E-state index is 11.6. The van der Waals surface area contributed by atoms with Crippen LogP contribution in [-0.4, -0.2) is 29.9 Å². The summed E-state index contributed by atoms with van der Waals surface area (Å²) in [5, 5.41) is 3.33. The molecule has 1 aromatic carbocycles. The van der Waals surface area contributed by atoms with E-state index in [1.807, 2.05) is 12.1 Å². The number of rotatable bonds is 3. The lowest BCUT2D eigenvalue weighted by Crippen LogP contribution is -2.32. The smallest absolute Gasteiger partial charge is 0.324 e. The Morgan fingerprint density at radius 3 is 2.90 bits per heavy atom. The number of amides is 3. The first-order valence-corrected chi connectivity index (χ1v) is 7.09. The van der Waals surface area contributed by atoms with Crippen LogP contribution >= 0.6 is 11.6 Å². The molecule has 0 bridgehead atoms. The van der Waals surface area contributed by atoms with E-state index in [1.54, 1.807) is 0 Å². The minimum atomic E-state index is -0.294. The van der Waals surface area contributed by atoms with Gasteiger partial charge in [0.25, 0.3) is 0 Å². The van der Waals surface area contributed by atoms with Gasteiger partial charge in [0.1, 0.15) is 0 Å². The molecule has 0 saturated carbocycles. The maximum absolute atomic E-state index is 11.6. The van der Waals surface area contributed by atoms with Crippen molar-refractivity contribution in [1.82, 2.24) is 10.2 Å². The van der Waals surface area contributed by atoms with E-state index in [1.165, 1.54) is 16.0 Å². The first-order valence-electron chi connectivity index (χ1n) is 6.72. The minimum Gasteiger partial charge on any atom is -0.329 e. The molecule has 1 saturated heterocycles. The largest absolute Gasteiger partial charge is 0.329 e. The van der Waals surface area contributed by atoms with Crippen LogP contribution in [0.1, 0.15) is 24.0 Å². The molecule has 0 unspecified atom stereocenters. The molecule has 1 N–H and O–H groups in total. The number of nitrogens with one attached hydrogen (secondary N) is 1. The molecule has 0 radical (unpaired) electrons. The van der Waals surface area contributed by atoms with Crippen LogP contribution in [0.4, 0.5) is 4.79 Å². The van der Waals surface area contributed by atoms with Crippen molar-refractivity contribution >= 4 is 29.1 Å². The topological polar surface area (TPSA) is 49.4 Å². The fourth-order valence-electron chi connectivity index (χ4n) is 2.76. The highest BCUT2D eigenvalue weighted by Crippen LogP contribution is 2.33. The molecule has 1 fully saturated rings. The van der Waals surface area contributed by atoms with Crippen molar-refractivity contribution < 1.29 is 9.59 Å². The number of benzene rings is 1. The number of halogens is 1. The molecule has 3 rings (SSSR count). The fourth-order valence-corrected chi connectivity index (χ4v) is 3.03. The van der Waals surface area contributed by atoms with Gasteiger partial charge in [-0.2, -0.15) is 0 Å². The molecule has 1 aromatic rings. The van der Waals surface area contributed by atoms with Crippen molar-refractivity contribution in [2.45, 2.75) is 19.3 Å². The van der Waals surface area contributed by atoms with Gasteiger partial charge in [0.15, 0.2) is 0 Å². The second kappa shape index (κ2) is 5.29. The van der Waals surface area contributed by atoms with E-state index in [9.17, 15) is 9.59 Å². The van der Waals surface area contributed by atoms with Gasteiger partial charge in [0.2, 0.25) is 5.91 Å². The Morgan fingerprint density at radius 1 is 1.30 bits per heavy atom. The average molecular weight is 291 g/mol. The third kappa shape index (κ3) is 2.31. The van der Waals surface area contributed by atoms with E-state index in [-0.39, 0.29) is 18.5 Å². The molecule has 2 aliphatic rings. The van der Waals surface area contributed by atoms with E-state index < -0.39 is 0 Å². The van der Waals surface area contributed by atoms with Gasteiger partial charge in [0, 0.05) is 11.6 Å². The average Bonchev–Trinajstić information content (AvgIpc) is 2.76. The molecule has 1 aliphatic heterocycles. The monoisotopic (exact) mass is 290 g/mol. The molecule has 1 aliphatic carbocycles. The van der Waals surface area contributed by atoms with E-state index in [0.29, 0.717) is 13.0 Å². The molecule has 3 amide bonds. The summed E-state index contributed by atoms with van der Waals surface area (Å²) < 4.78 is 0. The van der Waals surface area contributed by atoms with Crippen molar-refractivity contribution in [2.24, 2.45) is 0 Å². The summed E-state index contributed by atoms with van der Waals surface area (Å²) in [5.41, 5.74) is 3.49. The first kappa shape index (κ1) is 13.2. The summed E-state index contributed by atoms with van der Waals surface area (Å²) in [5.74, 6) is -0.155. The number of hydrogen-bond donors (Lipinski definition) is 1. The number of carbonyl (C=O) groups is 2. The Labute approximate surface area is 122 Å². The molecule has 20 heavy (non-hydrogen) atoms. The van der Waals surface area contributed by atoms with Gasteiger partial charge in [-0.25, -0.2) is 4.79 Å². The minimum absolute atomic E-state index is 0.111. The van der Waals surface area contributed by atoms with Crippen LogP contribution in [0.2, 0.25) is 5.02 Å². The fraction of sp³-hybridized carbons (Fsp3) is 0.333. The van der Waals surface area contributed by atoms with E-state index >= 15 is 0 Å². The number of urea groups is 1. The lowest BCUT2D eigenvalue weighted by Gasteiger charge is -2.20. The molecule has 1 heterocycles. The Hall–Kier alpha value is -1.81. The zero-order valence-corrected chi connectivity index (χ0v) is 11.7. The van der Waals surface area contributed by atoms with Crippen LogP contribution in [0.15, 0.2) is 24.3 Å². The van der Waals surface area contributed by atoms with E-state index in [4.69, 9.17) is 11.6 Å². The second-order valence-corrected chi connectivity index (χ2v) is 5.40. The molecule has 5 heteroatoms. The third-order valence-electron chi connectivity index (χ3n) is 3.79. The highest BCUT2D eigenvalue weighted by Gasteiger charge is 2.28. The van der Waals surface area contributed by atoms with Gasteiger partial charge < -0.3 is 5.32 Å². The zero-order valence-electron chi connectivity index (χ0n) is 11.0. The number of carbonyl (C=O) groups excluding carboxylic acids is 2. The van der Waals surface area contributed by atoms with Crippen molar-refractivity contribution in [1.29, 1.82) is 0 Å². The van der Waals surface area contributed by atoms with Crippen LogP contribution in [0.3, 0.4) is 0 Å². The summed E-state index contributed by atoms with van der Waals surface area (Å²) in [4.78, 5) is 24.3. The van der Waals surface area contributed by atoms with Crippen molar-refractivity contribution in [3.63, 3.8) is 0 Å². The SMILES string of the molecule is O=C1CNC(=O)N1CCC1=CCCc2c(Cl)cccc21. The number of nitrogens with zero attached hydrogens (tertiary/aromatic N) is 1. The molecule has 0 aromatic heterocycles. The Morgan fingerprint density at radius 2 is 2.15 bits per heavy atom. The lowest BCUT2D eigenvalue weighted by molar-refractivity contribution is -0.124. The summed E-state index contributed by atoms with van der Waals surface area (Å²) in [7, 11) is 0. The van der Waals surface area contributed by atoms with Gasteiger partial charge in [-0.3, -0.25) is 9.69 Å². The second-order valence-electron chi connectivity index (χ2n) is 4.99. The van der Waals surface area contributed by atoms with E-state index in [2.05, 4.69) is 17.5 Å². The lowest BCUT2D eigenvalue weighted by atomic mass is 9.89. The van der Waals surface area contributed by atoms with Crippen LogP contribution < -0.4 is 5.32 Å². The zero-order chi connectivity index (χ0) is 14.1. The predicted octanol–water partition coefficient (Wildman–Crippen LogP) is 2.61. The molecular weight excluding hydrogens is 276 g/mol. The van der Waals surface area contributed by atoms with Gasteiger partial charge in [0.05, 0.1) is 6.54 Å². The summed E-state index contributed by atoms with van der Waals surface area (Å²) in [6.45, 7) is 0.531.